The first kappa shape index (κ1) is 30.6. The van der Waals surface area contributed by atoms with Gasteiger partial charge in [0.15, 0.2) is 5.41 Å². The predicted octanol–water partition coefficient (Wildman–Crippen LogP) is 3.10. The maximum atomic E-state index is 12.7. The van der Waals surface area contributed by atoms with Crippen LogP contribution in [0.5, 0.6) is 0 Å². The maximum absolute atomic E-state index is 12.7. The molecule has 0 bridgehead atoms. The molecule has 0 saturated carbocycles. The van der Waals surface area contributed by atoms with E-state index in [1.807, 2.05) is 45.2 Å². The number of carboxylic acids is 1. The van der Waals surface area contributed by atoms with E-state index in [2.05, 4.69) is 17.2 Å². The average Bonchev–Trinajstić information content (AvgIpc) is 2.71. The summed E-state index contributed by atoms with van der Waals surface area (Å²) < 4.78 is 14.8. The third-order valence-electron chi connectivity index (χ3n) is 4.46. The molecule has 1 rings (SSSR count). The molecular formula is C20H23I3N2O9. The molecule has 3 unspecified atom stereocenters. The number of carbonyl (C=O) groups is 5. The number of rotatable bonds is 9. The molecule has 3 atom stereocenters. The first-order valence-electron chi connectivity index (χ1n) is 9.56. The molecule has 188 valence electrons. The number of allylic oxidation sites excluding steroid dienone is 2. The van der Waals surface area contributed by atoms with Gasteiger partial charge in [-0.15, -0.1) is 0 Å². The number of alkyl halides is 1. The van der Waals surface area contributed by atoms with E-state index in [-0.39, 0.29) is 33.8 Å². The number of amides is 2. The second kappa shape index (κ2) is 13.0. The number of nitrogens with one attached hydrogen (secondary N) is 2. The summed E-state index contributed by atoms with van der Waals surface area (Å²) in [6.45, 7) is 8.22. The SMILES string of the molecule is C=C(C)C(=O)OCCOC(=O)OC(C)C1(C(=O)O)C(I)=C(NC(C)=O)C(I)=C(NC(C)=O)C1I. The molecule has 14 heteroatoms. The molecule has 0 aromatic heterocycles. The van der Waals surface area contributed by atoms with E-state index in [9.17, 15) is 29.1 Å². The van der Waals surface area contributed by atoms with Gasteiger partial charge < -0.3 is 30.0 Å². The number of hydrogen-bond acceptors (Lipinski definition) is 8. The van der Waals surface area contributed by atoms with Crippen LogP contribution in [0.4, 0.5) is 4.79 Å². The van der Waals surface area contributed by atoms with E-state index in [4.69, 9.17) is 14.2 Å². The highest BCUT2D eigenvalue weighted by molar-refractivity contribution is 14.1. The Morgan fingerprint density at radius 3 is 2.06 bits per heavy atom. The zero-order chi connectivity index (χ0) is 26.4. The second-order valence-corrected chi connectivity index (χ2v) is 10.5. The summed E-state index contributed by atoms with van der Waals surface area (Å²) in [5.41, 5.74) is -1.27. The van der Waals surface area contributed by atoms with Crippen LogP contribution in [0.25, 0.3) is 0 Å². The Balaban J connectivity index is 3.28. The molecule has 0 radical (unpaired) electrons. The fourth-order valence-corrected chi connectivity index (χ4v) is 8.39. The van der Waals surface area contributed by atoms with Gasteiger partial charge in [-0.1, -0.05) is 29.2 Å². The highest BCUT2D eigenvalue weighted by atomic mass is 127. The second-order valence-electron chi connectivity index (χ2n) is 7.09. The zero-order valence-electron chi connectivity index (χ0n) is 18.6. The summed E-state index contributed by atoms with van der Waals surface area (Å²) in [4.78, 5) is 60.0. The van der Waals surface area contributed by atoms with Crippen molar-refractivity contribution in [2.24, 2.45) is 5.41 Å². The van der Waals surface area contributed by atoms with Crippen molar-refractivity contribution in [3.05, 3.63) is 30.7 Å². The van der Waals surface area contributed by atoms with Crippen molar-refractivity contribution in [3.63, 3.8) is 0 Å². The molecule has 11 nitrogen and oxygen atoms in total. The van der Waals surface area contributed by atoms with Gasteiger partial charge in [-0.3, -0.25) is 14.4 Å². The highest BCUT2D eigenvalue weighted by Gasteiger charge is 2.59. The highest BCUT2D eigenvalue weighted by Crippen LogP contribution is 2.53. The number of aliphatic carboxylic acids is 1. The minimum Gasteiger partial charge on any atom is -0.480 e. The zero-order valence-corrected chi connectivity index (χ0v) is 25.1. The molecule has 0 aliphatic heterocycles. The molecule has 0 heterocycles. The van der Waals surface area contributed by atoms with E-state index < -0.39 is 45.4 Å². The van der Waals surface area contributed by atoms with Gasteiger partial charge in [0, 0.05) is 28.7 Å². The summed E-state index contributed by atoms with van der Waals surface area (Å²) in [5, 5.41) is 15.6. The van der Waals surface area contributed by atoms with E-state index in [1.165, 1.54) is 27.7 Å². The van der Waals surface area contributed by atoms with Gasteiger partial charge in [-0.25, -0.2) is 9.59 Å². The third kappa shape index (κ3) is 7.05. The van der Waals surface area contributed by atoms with Crippen LogP contribution in [-0.4, -0.2) is 58.3 Å². The smallest absolute Gasteiger partial charge is 0.480 e. The van der Waals surface area contributed by atoms with Crippen molar-refractivity contribution in [3.8, 4) is 0 Å². The lowest BCUT2D eigenvalue weighted by Crippen LogP contribution is -2.55. The molecular weight excluding hydrogens is 793 g/mol. The van der Waals surface area contributed by atoms with Crippen molar-refractivity contribution in [1.82, 2.24) is 10.6 Å². The molecule has 0 aromatic carbocycles. The standard InChI is InChI=1S/C20H23I3N2O9/c1-8(2)17(28)32-6-7-33-19(31)34-9(3)20(18(29)30)15(22)13(24-10(4)26)12(21)14(16(20)23)25-11(5)27/h9,15H,1,6-7H2,2-5H3,(H,24,26)(H,25,27)(H,29,30). The van der Waals surface area contributed by atoms with Crippen LogP contribution in [0.1, 0.15) is 27.7 Å². The lowest BCUT2D eigenvalue weighted by molar-refractivity contribution is -0.152. The molecule has 0 fully saturated rings. The average molecular weight is 816 g/mol. The van der Waals surface area contributed by atoms with Crippen LogP contribution < -0.4 is 10.6 Å². The van der Waals surface area contributed by atoms with Gasteiger partial charge in [0.05, 0.1) is 13.2 Å². The van der Waals surface area contributed by atoms with Crippen LogP contribution in [0.3, 0.4) is 0 Å². The summed E-state index contributed by atoms with van der Waals surface area (Å²) in [5.74, 6) is -2.89. The van der Waals surface area contributed by atoms with Gasteiger partial charge in [-0.2, -0.15) is 0 Å². The molecule has 0 aromatic rings. The predicted molar refractivity (Wildman–Crippen MR) is 145 cm³/mol. The monoisotopic (exact) mass is 816 g/mol. The van der Waals surface area contributed by atoms with Gasteiger partial charge in [-0.05, 0) is 59.0 Å². The lowest BCUT2D eigenvalue weighted by Gasteiger charge is -2.43. The molecule has 34 heavy (non-hydrogen) atoms. The number of hydrogen-bond donors (Lipinski definition) is 3. The fraction of sp³-hybridized carbons (Fsp3) is 0.450. The van der Waals surface area contributed by atoms with Crippen molar-refractivity contribution in [2.75, 3.05) is 13.2 Å². The number of esters is 1. The Labute approximate surface area is 236 Å². The van der Waals surface area contributed by atoms with E-state index in [1.54, 1.807) is 22.6 Å². The van der Waals surface area contributed by atoms with Crippen LogP contribution >= 0.6 is 67.8 Å². The molecule has 1 aliphatic carbocycles. The first-order chi connectivity index (χ1) is 15.7. The lowest BCUT2D eigenvalue weighted by atomic mass is 9.74. The van der Waals surface area contributed by atoms with Crippen LogP contribution in [-0.2, 0) is 33.4 Å². The third-order valence-corrected chi connectivity index (χ3v) is 8.61. The van der Waals surface area contributed by atoms with Gasteiger partial charge in [0.25, 0.3) is 0 Å². The van der Waals surface area contributed by atoms with Crippen molar-refractivity contribution in [1.29, 1.82) is 0 Å². The minimum atomic E-state index is -1.88. The Morgan fingerprint density at radius 1 is 1.06 bits per heavy atom. The van der Waals surface area contributed by atoms with Gasteiger partial charge in [0.1, 0.15) is 19.3 Å². The van der Waals surface area contributed by atoms with Crippen molar-refractivity contribution in [2.45, 2.75) is 37.7 Å². The number of carbonyl (C=O) groups excluding carboxylic acids is 4. The van der Waals surface area contributed by atoms with Gasteiger partial charge >= 0.3 is 18.1 Å². The van der Waals surface area contributed by atoms with E-state index >= 15 is 0 Å². The van der Waals surface area contributed by atoms with E-state index in [0.29, 0.717) is 3.58 Å². The number of ether oxygens (including phenoxy) is 3. The normalized spacial score (nSPS) is 20.7. The Morgan fingerprint density at radius 2 is 1.59 bits per heavy atom. The molecule has 0 spiro atoms. The number of halogens is 3. The Hall–Kier alpha value is -1.44. The largest absolute Gasteiger partial charge is 0.508 e. The molecule has 3 N–H and O–H groups in total. The molecule has 0 saturated heterocycles. The summed E-state index contributed by atoms with van der Waals surface area (Å²) in [6.07, 6.45) is -2.49. The maximum Gasteiger partial charge on any atom is 0.508 e. The summed E-state index contributed by atoms with van der Waals surface area (Å²) in [6, 6.07) is 0. The van der Waals surface area contributed by atoms with Gasteiger partial charge in [0.2, 0.25) is 11.8 Å². The fourth-order valence-electron chi connectivity index (χ4n) is 2.90. The Kier molecular flexibility index (Phi) is 11.7. The summed E-state index contributed by atoms with van der Waals surface area (Å²) in [7, 11) is 0. The first-order valence-corrected chi connectivity index (χ1v) is 13.0. The molecule has 1 aliphatic rings. The quantitative estimate of drug-likeness (QED) is 0.105. The van der Waals surface area contributed by atoms with Crippen LogP contribution in [0.2, 0.25) is 0 Å². The van der Waals surface area contributed by atoms with Crippen LogP contribution in [0.15, 0.2) is 30.7 Å². The summed E-state index contributed by atoms with van der Waals surface area (Å²) >= 11 is 5.56. The van der Waals surface area contributed by atoms with E-state index in [0.717, 1.165) is 0 Å². The Bertz CT molecular complexity index is 976. The van der Waals surface area contributed by atoms with Crippen LogP contribution in [0, 0.1) is 5.41 Å². The minimum absolute atomic E-state index is 0.180. The number of carboxylic acid groups (broad SMARTS) is 1. The topological polar surface area (TPSA) is 157 Å². The van der Waals surface area contributed by atoms with Crippen molar-refractivity contribution < 1.29 is 43.3 Å². The molecule has 2 amide bonds. The van der Waals surface area contributed by atoms with Crippen molar-refractivity contribution >= 4 is 97.7 Å².